The minimum absolute atomic E-state index is 0.0880. The Morgan fingerprint density at radius 3 is 2.45 bits per heavy atom. The average molecular weight is 316 g/mol. The Labute approximate surface area is 131 Å². The number of aromatic nitrogens is 1. The molecule has 0 bridgehead atoms. The Morgan fingerprint density at radius 1 is 1.15 bits per heavy atom. The lowest BCUT2D eigenvalue weighted by Gasteiger charge is -2.35. The van der Waals surface area contributed by atoms with E-state index in [1.165, 1.54) is 19.3 Å². The van der Waals surface area contributed by atoms with Gasteiger partial charge in [-0.25, -0.2) is 4.98 Å². The monoisotopic (exact) mass is 315 g/mol. The smallest absolute Gasteiger partial charge is 0.147 e. The number of nitrogens with zero attached hydrogens (tertiary/aromatic N) is 1. The second-order valence-electron chi connectivity index (χ2n) is 5.82. The molecule has 0 aromatic carbocycles. The fourth-order valence-electron chi connectivity index (χ4n) is 2.66. The molecule has 0 atom stereocenters. The zero-order valence-electron chi connectivity index (χ0n) is 12.2. The van der Waals surface area contributed by atoms with Crippen molar-refractivity contribution < 1.29 is 0 Å². The van der Waals surface area contributed by atoms with Gasteiger partial charge in [0.2, 0.25) is 0 Å². The normalized spacial score (nSPS) is 17.8. The van der Waals surface area contributed by atoms with Gasteiger partial charge in [-0.15, -0.1) is 0 Å². The van der Waals surface area contributed by atoms with Crippen LogP contribution in [0.3, 0.4) is 0 Å². The molecule has 5 heteroatoms. The predicted molar refractivity (Wildman–Crippen MR) is 88.2 cm³/mol. The molecule has 0 spiro atoms. The van der Waals surface area contributed by atoms with Gasteiger partial charge >= 0.3 is 0 Å². The van der Waals surface area contributed by atoms with Gasteiger partial charge in [-0.3, -0.25) is 0 Å². The van der Waals surface area contributed by atoms with Crippen LogP contribution in [0.4, 0.5) is 11.6 Å². The van der Waals surface area contributed by atoms with Gasteiger partial charge in [0.05, 0.1) is 10.0 Å². The van der Waals surface area contributed by atoms with Crippen LogP contribution in [0.25, 0.3) is 0 Å². The van der Waals surface area contributed by atoms with Gasteiger partial charge in [-0.1, -0.05) is 49.4 Å². The third-order valence-corrected chi connectivity index (χ3v) is 4.43. The summed E-state index contributed by atoms with van der Waals surface area (Å²) in [6.07, 6.45) is 7.19. The molecule has 1 fully saturated rings. The van der Waals surface area contributed by atoms with E-state index in [9.17, 15) is 0 Å². The second-order valence-corrected chi connectivity index (χ2v) is 6.64. The minimum Gasteiger partial charge on any atom is -0.369 e. The number of anilines is 2. The molecule has 20 heavy (non-hydrogen) atoms. The van der Waals surface area contributed by atoms with Crippen molar-refractivity contribution in [1.82, 2.24) is 4.98 Å². The van der Waals surface area contributed by atoms with Crippen molar-refractivity contribution in [1.29, 1.82) is 0 Å². The van der Waals surface area contributed by atoms with Gasteiger partial charge in [0.25, 0.3) is 0 Å². The van der Waals surface area contributed by atoms with Crippen molar-refractivity contribution in [3.05, 3.63) is 16.1 Å². The summed E-state index contributed by atoms with van der Waals surface area (Å²) in [6.45, 7) is 5.21. The maximum absolute atomic E-state index is 6.28. The Hall–Kier alpha value is -0.670. The number of pyridine rings is 1. The van der Waals surface area contributed by atoms with Crippen LogP contribution in [0.5, 0.6) is 0 Å². The summed E-state index contributed by atoms with van der Waals surface area (Å²) in [5.74, 6) is 1.44. The third kappa shape index (κ3) is 3.92. The van der Waals surface area contributed by atoms with E-state index in [0.717, 1.165) is 31.6 Å². The molecule has 0 unspecified atom stereocenters. The Bertz CT molecular complexity index is 457. The summed E-state index contributed by atoms with van der Waals surface area (Å²) in [5.41, 5.74) is 0.0880. The lowest BCUT2D eigenvalue weighted by Crippen LogP contribution is -2.37. The van der Waals surface area contributed by atoms with Crippen molar-refractivity contribution >= 4 is 34.8 Å². The van der Waals surface area contributed by atoms with Gasteiger partial charge in [0, 0.05) is 12.1 Å². The third-order valence-electron chi connectivity index (χ3n) is 3.85. The van der Waals surface area contributed by atoms with Gasteiger partial charge in [0.1, 0.15) is 11.6 Å². The van der Waals surface area contributed by atoms with Crippen molar-refractivity contribution in [2.45, 2.75) is 57.9 Å². The first-order valence-corrected chi connectivity index (χ1v) is 8.18. The van der Waals surface area contributed by atoms with Gasteiger partial charge < -0.3 is 10.6 Å². The minimum atomic E-state index is 0.0880. The maximum atomic E-state index is 6.28. The summed E-state index contributed by atoms with van der Waals surface area (Å²) in [6, 6.07) is 1.77. The standard InChI is InChI=1S/C15H23Cl2N3/c1-3-9-18-13-11(16)10-12(17)14(19-13)20-15(2)7-5-4-6-8-15/h10H,3-9H2,1-2H3,(H2,18,19,20). The fraction of sp³-hybridized carbons (Fsp3) is 0.667. The van der Waals surface area contributed by atoms with Crippen LogP contribution >= 0.6 is 23.2 Å². The maximum Gasteiger partial charge on any atom is 0.147 e. The molecular weight excluding hydrogens is 293 g/mol. The SMILES string of the molecule is CCCNc1nc(NC2(C)CCCCC2)c(Cl)cc1Cl. The number of hydrogen-bond donors (Lipinski definition) is 2. The van der Waals surface area contributed by atoms with E-state index >= 15 is 0 Å². The lowest BCUT2D eigenvalue weighted by atomic mass is 9.83. The largest absolute Gasteiger partial charge is 0.369 e. The summed E-state index contributed by atoms with van der Waals surface area (Å²) in [4.78, 5) is 4.56. The molecule has 112 valence electrons. The Morgan fingerprint density at radius 2 is 1.80 bits per heavy atom. The molecule has 1 aromatic rings. The van der Waals surface area contributed by atoms with Crippen LogP contribution in [0, 0.1) is 0 Å². The Kier molecular flexibility index (Phi) is 5.39. The predicted octanol–water partition coefficient (Wildman–Crippen LogP) is 5.35. The van der Waals surface area contributed by atoms with E-state index in [1.54, 1.807) is 6.07 Å². The highest BCUT2D eigenvalue weighted by Crippen LogP contribution is 2.35. The molecule has 0 radical (unpaired) electrons. The van der Waals surface area contributed by atoms with E-state index < -0.39 is 0 Å². The topological polar surface area (TPSA) is 37.0 Å². The van der Waals surface area contributed by atoms with Crippen LogP contribution in [0.2, 0.25) is 10.0 Å². The molecule has 1 aromatic heterocycles. The van der Waals surface area contributed by atoms with Crippen molar-refractivity contribution in [3.8, 4) is 0 Å². The van der Waals surface area contributed by atoms with Crippen molar-refractivity contribution in [3.63, 3.8) is 0 Å². The van der Waals surface area contributed by atoms with E-state index in [4.69, 9.17) is 23.2 Å². The molecule has 1 heterocycles. The molecule has 0 aliphatic heterocycles. The van der Waals surface area contributed by atoms with Gasteiger partial charge in [-0.05, 0) is 32.3 Å². The van der Waals surface area contributed by atoms with Crippen LogP contribution in [0.15, 0.2) is 6.07 Å². The van der Waals surface area contributed by atoms with E-state index in [0.29, 0.717) is 15.9 Å². The molecule has 0 saturated heterocycles. The first-order chi connectivity index (χ1) is 9.54. The quantitative estimate of drug-likeness (QED) is 0.769. The van der Waals surface area contributed by atoms with Crippen molar-refractivity contribution in [2.24, 2.45) is 0 Å². The molecule has 1 aliphatic carbocycles. The zero-order chi connectivity index (χ0) is 14.6. The van der Waals surface area contributed by atoms with E-state index in [-0.39, 0.29) is 5.54 Å². The number of rotatable bonds is 5. The summed E-state index contributed by atoms with van der Waals surface area (Å²) >= 11 is 12.5. The first-order valence-electron chi connectivity index (χ1n) is 7.42. The lowest BCUT2D eigenvalue weighted by molar-refractivity contribution is 0.348. The summed E-state index contributed by atoms with van der Waals surface area (Å²) in [7, 11) is 0. The van der Waals surface area contributed by atoms with Gasteiger partial charge in [0.15, 0.2) is 0 Å². The molecule has 1 aliphatic rings. The highest BCUT2D eigenvalue weighted by atomic mass is 35.5. The summed E-state index contributed by atoms with van der Waals surface area (Å²) < 4.78 is 0. The molecule has 1 saturated carbocycles. The zero-order valence-corrected chi connectivity index (χ0v) is 13.7. The fourth-order valence-corrected chi connectivity index (χ4v) is 3.14. The van der Waals surface area contributed by atoms with Crippen LogP contribution in [-0.2, 0) is 0 Å². The number of nitrogens with one attached hydrogen (secondary N) is 2. The van der Waals surface area contributed by atoms with Crippen LogP contribution in [-0.4, -0.2) is 17.1 Å². The average Bonchev–Trinajstić information content (AvgIpc) is 2.41. The highest BCUT2D eigenvalue weighted by molar-refractivity contribution is 6.37. The first kappa shape index (κ1) is 15.7. The highest BCUT2D eigenvalue weighted by Gasteiger charge is 2.27. The molecule has 0 amide bonds. The number of halogens is 2. The van der Waals surface area contributed by atoms with Gasteiger partial charge in [-0.2, -0.15) is 0 Å². The van der Waals surface area contributed by atoms with E-state index in [1.807, 2.05) is 0 Å². The number of hydrogen-bond acceptors (Lipinski definition) is 3. The molecule has 2 rings (SSSR count). The molecular formula is C15H23Cl2N3. The molecule has 2 N–H and O–H groups in total. The van der Waals surface area contributed by atoms with Crippen molar-refractivity contribution in [2.75, 3.05) is 17.2 Å². The Balaban J connectivity index is 2.17. The summed E-state index contributed by atoms with van der Waals surface area (Å²) in [5, 5.41) is 7.93. The second kappa shape index (κ2) is 6.86. The van der Waals surface area contributed by atoms with Crippen LogP contribution < -0.4 is 10.6 Å². The van der Waals surface area contributed by atoms with E-state index in [2.05, 4.69) is 29.5 Å². The van der Waals surface area contributed by atoms with Crippen LogP contribution in [0.1, 0.15) is 52.4 Å². The molecule has 3 nitrogen and oxygen atoms in total.